The van der Waals surface area contributed by atoms with E-state index in [4.69, 9.17) is 0 Å². The predicted octanol–water partition coefficient (Wildman–Crippen LogP) is 1.01. The minimum absolute atomic E-state index is 0.00658. The summed E-state index contributed by atoms with van der Waals surface area (Å²) in [6, 6.07) is 11.1. The maximum atomic E-state index is 12.0. The Labute approximate surface area is 180 Å². The van der Waals surface area contributed by atoms with Gasteiger partial charge in [0.05, 0.1) is 22.9 Å². The lowest BCUT2D eigenvalue weighted by atomic mass is 10.2. The van der Waals surface area contributed by atoms with E-state index in [-0.39, 0.29) is 18.2 Å². The zero-order chi connectivity index (χ0) is 21.5. The summed E-state index contributed by atoms with van der Waals surface area (Å²) in [6.45, 7) is 3.57. The van der Waals surface area contributed by atoms with Gasteiger partial charge in [0.25, 0.3) is 11.8 Å². The number of thioether (sulfide) groups is 1. The Bertz CT molecular complexity index is 1060. The normalized spacial score (nSPS) is 10.5. The average molecular weight is 446 g/mol. The molecule has 0 bridgehead atoms. The number of aromatic nitrogens is 4. The van der Waals surface area contributed by atoms with E-state index in [1.54, 1.807) is 10.7 Å². The first-order valence-corrected chi connectivity index (χ1v) is 10.6. The molecular formula is C18H19N7O3S2. The lowest BCUT2D eigenvalue weighted by Crippen LogP contribution is -2.46. The highest BCUT2D eigenvalue weighted by molar-refractivity contribution is 7.99. The predicted molar refractivity (Wildman–Crippen MR) is 112 cm³/mol. The maximum absolute atomic E-state index is 12.0. The van der Waals surface area contributed by atoms with Gasteiger partial charge in [-0.15, -0.1) is 16.4 Å². The second-order valence-corrected chi connectivity index (χ2v) is 8.37. The van der Waals surface area contributed by atoms with E-state index in [1.807, 2.05) is 44.2 Å². The summed E-state index contributed by atoms with van der Waals surface area (Å²) in [5, 5.41) is 14.5. The fraction of sp³-hybridized carbons (Fsp3) is 0.222. The molecule has 0 aliphatic heterocycles. The van der Waals surface area contributed by atoms with Crippen molar-refractivity contribution in [1.82, 2.24) is 36.4 Å². The minimum atomic E-state index is -0.542. The summed E-state index contributed by atoms with van der Waals surface area (Å²) in [4.78, 5) is 37.3. The van der Waals surface area contributed by atoms with Crippen LogP contribution in [0.4, 0.5) is 0 Å². The number of benzene rings is 1. The van der Waals surface area contributed by atoms with Crippen molar-refractivity contribution < 1.29 is 14.4 Å². The molecule has 0 atom stereocenters. The van der Waals surface area contributed by atoms with Crippen LogP contribution in [-0.4, -0.2) is 50.2 Å². The van der Waals surface area contributed by atoms with Crippen LogP contribution in [0.3, 0.4) is 0 Å². The van der Waals surface area contributed by atoms with Gasteiger partial charge in [0.1, 0.15) is 0 Å². The molecular weight excluding hydrogens is 426 g/mol. The highest BCUT2D eigenvalue weighted by Crippen LogP contribution is 2.20. The van der Waals surface area contributed by atoms with Gasteiger partial charge in [0, 0.05) is 4.88 Å². The molecule has 12 heteroatoms. The Morgan fingerprint density at radius 1 is 1.07 bits per heavy atom. The Kier molecular flexibility index (Phi) is 7.14. The number of carbonyl (C=O) groups excluding carboxylic acids is 3. The molecule has 0 spiro atoms. The zero-order valence-electron chi connectivity index (χ0n) is 16.2. The second-order valence-electron chi connectivity index (χ2n) is 6.14. The number of hydrogen-bond donors (Lipinski definition) is 3. The third-order valence-corrected chi connectivity index (χ3v) is 5.75. The van der Waals surface area contributed by atoms with Crippen LogP contribution in [0.2, 0.25) is 0 Å². The smallest absolute Gasteiger partial charge is 0.261 e. The van der Waals surface area contributed by atoms with Crippen molar-refractivity contribution in [1.29, 1.82) is 0 Å². The number of hydrogen-bond acceptors (Lipinski definition) is 8. The largest absolute Gasteiger partial charge is 0.342 e. The summed E-state index contributed by atoms with van der Waals surface area (Å²) in [5.41, 5.74) is 6.36. The molecule has 2 heterocycles. The second kappa shape index (κ2) is 9.98. The number of hydrazine groups is 1. The number of nitrogens with zero attached hydrogens (tertiary/aromatic N) is 4. The fourth-order valence-corrected chi connectivity index (χ4v) is 3.84. The molecule has 0 unspecified atom stereocenters. The number of tetrazole rings is 1. The molecule has 0 saturated carbocycles. The molecule has 3 aromatic rings. The van der Waals surface area contributed by atoms with E-state index in [1.165, 1.54) is 11.3 Å². The van der Waals surface area contributed by atoms with Crippen molar-refractivity contribution in [3.63, 3.8) is 0 Å². The molecule has 0 radical (unpaired) electrons. The van der Waals surface area contributed by atoms with E-state index in [2.05, 4.69) is 31.7 Å². The average Bonchev–Trinajstić information content (AvgIpc) is 3.38. The van der Waals surface area contributed by atoms with Gasteiger partial charge in [-0.2, -0.15) is 4.68 Å². The summed E-state index contributed by atoms with van der Waals surface area (Å²) < 4.78 is 1.55. The van der Waals surface area contributed by atoms with Crippen LogP contribution in [-0.2, 0) is 9.59 Å². The summed E-state index contributed by atoms with van der Waals surface area (Å²) in [7, 11) is 0. The van der Waals surface area contributed by atoms with E-state index in [9.17, 15) is 14.4 Å². The van der Waals surface area contributed by atoms with Gasteiger partial charge in [-0.1, -0.05) is 30.0 Å². The van der Waals surface area contributed by atoms with Gasteiger partial charge in [0.15, 0.2) is 0 Å². The SMILES string of the molecule is Cc1ccc(C(=O)NCC(=O)NNC(=O)CSc2nnnn2-c2ccccc2C)s1. The molecule has 2 aromatic heterocycles. The number of rotatable bonds is 7. The van der Waals surface area contributed by atoms with Crippen molar-refractivity contribution >= 4 is 40.8 Å². The van der Waals surface area contributed by atoms with Crippen LogP contribution in [0.5, 0.6) is 0 Å². The van der Waals surface area contributed by atoms with Gasteiger partial charge in [0.2, 0.25) is 11.1 Å². The van der Waals surface area contributed by atoms with E-state index in [0.29, 0.717) is 10.0 Å². The molecule has 3 amide bonds. The Balaban J connectivity index is 1.42. The first kappa shape index (κ1) is 21.5. The van der Waals surface area contributed by atoms with Crippen LogP contribution in [0.15, 0.2) is 41.6 Å². The molecule has 0 fully saturated rings. The van der Waals surface area contributed by atoms with Gasteiger partial charge in [-0.25, -0.2) is 0 Å². The quantitative estimate of drug-likeness (QED) is 0.365. The molecule has 10 nitrogen and oxygen atoms in total. The number of aryl methyl sites for hydroxylation is 2. The molecule has 156 valence electrons. The zero-order valence-corrected chi connectivity index (χ0v) is 17.8. The first-order valence-electron chi connectivity index (χ1n) is 8.83. The lowest BCUT2D eigenvalue weighted by Gasteiger charge is -2.09. The number of carbonyl (C=O) groups is 3. The van der Waals surface area contributed by atoms with Crippen LogP contribution < -0.4 is 16.2 Å². The lowest BCUT2D eigenvalue weighted by molar-refractivity contribution is -0.127. The van der Waals surface area contributed by atoms with Crippen LogP contribution >= 0.6 is 23.1 Å². The molecule has 1 aromatic carbocycles. The molecule has 30 heavy (non-hydrogen) atoms. The molecule has 0 aliphatic carbocycles. The number of nitrogens with one attached hydrogen (secondary N) is 3. The minimum Gasteiger partial charge on any atom is -0.342 e. The van der Waals surface area contributed by atoms with Crippen molar-refractivity contribution in [3.8, 4) is 5.69 Å². The topological polar surface area (TPSA) is 131 Å². The van der Waals surface area contributed by atoms with Crippen molar-refractivity contribution in [2.45, 2.75) is 19.0 Å². The highest BCUT2D eigenvalue weighted by Gasteiger charge is 2.14. The van der Waals surface area contributed by atoms with E-state index in [0.717, 1.165) is 27.9 Å². The Morgan fingerprint density at radius 3 is 2.57 bits per heavy atom. The van der Waals surface area contributed by atoms with Gasteiger partial charge >= 0.3 is 0 Å². The Morgan fingerprint density at radius 2 is 1.83 bits per heavy atom. The van der Waals surface area contributed by atoms with Crippen LogP contribution in [0.25, 0.3) is 5.69 Å². The summed E-state index contributed by atoms with van der Waals surface area (Å²) in [6.07, 6.45) is 0. The van der Waals surface area contributed by atoms with Gasteiger partial charge < -0.3 is 5.32 Å². The van der Waals surface area contributed by atoms with Crippen LogP contribution in [0.1, 0.15) is 20.1 Å². The van der Waals surface area contributed by atoms with Crippen molar-refractivity contribution in [2.24, 2.45) is 0 Å². The monoisotopic (exact) mass is 445 g/mol. The maximum Gasteiger partial charge on any atom is 0.261 e. The van der Waals surface area contributed by atoms with Crippen molar-refractivity contribution in [3.05, 3.63) is 51.7 Å². The molecule has 3 N–H and O–H groups in total. The number of thiophene rings is 1. The molecule has 3 rings (SSSR count). The van der Waals surface area contributed by atoms with E-state index < -0.39 is 11.8 Å². The number of amides is 3. The molecule has 0 saturated heterocycles. The van der Waals surface area contributed by atoms with Gasteiger partial charge in [-0.3, -0.25) is 25.2 Å². The van der Waals surface area contributed by atoms with Crippen LogP contribution in [0, 0.1) is 13.8 Å². The summed E-state index contributed by atoms with van der Waals surface area (Å²) in [5.74, 6) is -1.33. The molecule has 0 aliphatic rings. The Hall–Kier alpha value is -3.25. The number of para-hydroxylation sites is 1. The van der Waals surface area contributed by atoms with Gasteiger partial charge in [-0.05, 0) is 48.0 Å². The third-order valence-electron chi connectivity index (χ3n) is 3.83. The first-order chi connectivity index (χ1) is 14.4. The standard InChI is InChI=1S/C18H19N7O3S2/c1-11-5-3-4-6-13(11)25-18(22-23-24-25)29-10-16(27)21-20-15(26)9-19-17(28)14-8-7-12(2)30-14/h3-8H,9-10H2,1-2H3,(H,19,28)(H,20,26)(H,21,27). The third kappa shape index (κ3) is 5.64. The van der Waals surface area contributed by atoms with Crippen molar-refractivity contribution in [2.75, 3.05) is 12.3 Å². The highest BCUT2D eigenvalue weighted by atomic mass is 32.2. The fourth-order valence-electron chi connectivity index (χ4n) is 2.38. The summed E-state index contributed by atoms with van der Waals surface area (Å²) >= 11 is 2.47. The van der Waals surface area contributed by atoms with E-state index >= 15 is 0 Å².